The van der Waals surface area contributed by atoms with Gasteiger partial charge in [-0.05, 0) is 24.5 Å². The molecule has 0 heterocycles. The molecule has 0 aliphatic carbocycles. The number of nitrogen functional groups attached to an aromatic ring is 2. The van der Waals surface area contributed by atoms with Crippen molar-refractivity contribution < 1.29 is 4.74 Å². The molecular formula is C10H16N2O. The van der Waals surface area contributed by atoms with Crippen molar-refractivity contribution in [2.24, 2.45) is 0 Å². The van der Waals surface area contributed by atoms with Crippen molar-refractivity contribution in [3.8, 4) is 0 Å². The second-order valence-electron chi connectivity index (χ2n) is 3.02. The van der Waals surface area contributed by atoms with Crippen molar-refractivity contribution in [3.63, 3.8) is 0 Å². The minimum atomic E-state index is 0.662. The van der Waals surface area contributed by atoms with Crippen LogP contribution in [0.4, 0.5) is 11.4 Å². The summed E-state index contributed by atoms with van der Waals surface area (Å²) in [4.78, 5) is 0. The molecule has 0 amide bonds. The van der Waals surface area contributed by atoms with E-state index in [9.17, 15) is 0 Å². The van der Waals surface area contributed by atoms with Crippen LogP contribution in [0.15, 0.2) is 18.2 Å². The predicted octanol–water partition coefficient (Wildman–Crippen LogP) is 1.43. The second-order valence-corrected chi connectivity index (χ2v) is 3.02. The zero-order chi connectivity index (χ0) is 9.68. The maximum absolute atomic E-state index is 5.80. The predicted molar refractivity (Wildman–Crippen MR) is 55.5 cm³/mol. The number of aryl methyl sites for hydroxylation is 1. The Bertz CT molecular complexity index is 274. The van der Waals surface area contributed by atoms with Crippen LogP contribution < -0.4 is 11.5 Å². The van der Waals surface area contributed by atoms with Crippen LogP contribution in [-0.4, -0.2) is 13.7 Å². The highest BCUT2D eigenvalue weighted by atomic mass is 16.5. The molecule has 0 fully saturated rings. The fraction of sp³-hybridized carbons (Fsp3) is 0.400. The van der Waals surface area contributed by atoms with Crippen LogP contribution in [0.2, 0.25) is 0 Å². The van der Waals surface area contributed by atoms with E-state index in [0.29, 0.717) is 11.4 Å². The summed E-state index contributed by atoms with van der Waals surface area (Å²) in [6, 6.07) is 5.74. The van der Waals surface area contributed by atoms with Crippen LogP contribution in [-0.2, 0) is 11.2 Å². The summed E-state index contributed by atoms with van der Waals surface area (Å²) in [7, 11) is 1.70. The smallest absolute Gasteiger partial charge is 0.0580 e. The third-order valence-corrected chi connectivity index (χ3v) is 2.02. The van der Waals surface area contributed by atoms with E-state index in [4.69, 9.17) is 16.2 Å². The number of benzene rings is 1. The number of ether oxygens (including phenoxy) is 1. The molecule has 1 aromatic carbocycles. The first-order valence-corrected chi connectivity index (χ1v) is 4.37. The first kappa shape index (κ1) is 9.86. The zero-order valence-electron chi connectivity index (χ0n) is 7.92. The number of methoxy groups -OCH3 is 1. The standard InChI is InChI=1S/C10H16N2O/c1-13-7-3-5-8-4-2-6-9(11)10(8)12/h2,4,6H,3,5,7,11-12H2,1H3. The Morgan fingerprint density at radius 2 is 2.08 bits per heavy atom. The number of anilines is 2. The van der Waals surface area contributed by atoms with Gasteiger partial charge in [-0.1, -0.05) is 12.1 Å². The molecular weight excluding hydrogens is 164 g/mol. The van der Waals surface area contributed by atoms with Crippen molar-refractivity contribution in [3.05, 3.63) is 23.8 Å². The van der Waals surface area contributed by atoms with Crippen LogP contribution in [0.1, 0.15) is 12.0 Å². The number of hydrogen-bond donors (Lipinski definition) is 2. The molecule has 3 nitrogen and oxygen atoms in total. The van der Waals surface area contributed by atoms with Crippen molar-refractivity contribution >= 4 is 11.4 Å². The fourth-order valence-corrected chi connectivity index (χ4v) is 1.26. The van der Waals surface area contributed by atoms with Gasteiger partial charge in [-0.25, -0.2) is 0 Å². The van der Waals surface area contributed by atoms with Gasteiger partial charge in [0.2, 0.25) is 0 Å². The van der Waals surface area contributed by atoms with Crippen molar-refractivity contribution in [2.75, 3.05) is 25.2 Å². The van der Waals surface area contributed by atoms with Crippen LogP contribution in [0.25, 0.3) is 0 Å². The van der Waals surface area contributed by atoms with E-state index in [-0.39, 0.29) is 0 Å². The summed E-state index contributed by atoms with van der Waals surface area (Å²) >= 11 is 0. The van der Waals surface area contributed by atoms with E-state index < -0.39 is 0 Å². The number of para-hydroxylation sites is 1. The lowest BCUT2D eigenvalue weighted by Crippen LogP contribution is -2.01. The molecule has 0 saturated carbocycles. The molecule has 0 bridgehead atoms. The van der Waals surface area contributed by atoms with Gasteiger partial charge < -0.3 is 16.2 Å². The molecule has 13 heavy (non-hydrogen) atoms. The fourth-order valence-electron chi connectivity index (χ4n) is 1.26. The highest BCUT2D eigenvalue weighted by molar-refractivity contribution is 5.67. The average molecular weight is 180 g/mol. The summed E-state index contributed by atoms with van der Waals surface area (Å²) < 4.78 is 4.96. The first-order chi connectivity index (χ1) is 6.25. The van der Waals surface area contributed by atoms with E-state index in [1.165, 1.54) is 0 Å². The van der Waals surface area contributed by atoms with Gasteiger partial charge in [0.1, 0.15) is 0 Å². The van der Waals surface area contributed by atoms with Gasteiger partial charge in [0.05, 0.1) is 11.4 Å². The van der Waals surface area contributed by atoms with Crippen LogP contribution in [0.3, 0.4) is 0 Å². The molecule has 1 rings (SSSR count). The quantitative estimate of drug-likeness (QED) is 0.544. The summed E-state index contributed by atoms with van der Waals surface area (Å²) in [6.45, 7) is 0.758. The van der Waals surface area contributed by atoms with Crippen LogP contribution in [0, 0.1) is 0 Å². The molecule has 0 spiro atoms. The molecule has 0 aliphatic heterocycles. The summed E-state index contributed by atoms with van der Waals surface area (Å²) in [5.74, 6) is 0. The van der Waals surface area contributed by atoms with Crippen molar-refractivity contribution in [1.29, 1.82) is 0 Å². The Morgan fingerprint density at radius 3 is 2.77 bits per heavy atom. The summed E-state index contributed by atoms with van der Waals surface area (Å²) in [5, 5.41) is 0. The lowest BCUT2D eigenvalue weighted by Gasteiger charge is -2.07. The topological polar surface area (TPSA) is 61.3 Å². The molecule has 3 heteroatoms. The first-order valence-electron chi connectivity index (χ1n) is 4.37. The van der Waals surface area contributed by atoms with E-state index in [2.05, 4.69) is 0 Å². The molecule has 0 unspecified atom stereocenters. The van der Waals surface area contributed by atoms with Crippen LogP contribution in [0.5, 0.6) is 0 Å². The molecule has 72 valence electrons. The minimum Gasteiger partial charge on any atom is -0.397 e. The second kappa shape index (κ2) is 4.72. The zero-order valence-corrected chi connectivity index (χ0v) is 7.92. The van der Waals surface area contributed by atoms with Gasteiger partial charge in [-0.15, -0.1) is 0 Å². The van der Waals surface area contributed by atoms with Gasteiger partial charge in [0.15, 0.2) is 0 Å². The monoisotopic (exact) mass is 180 g/mol. The largest absolute Gasteiger partial charge is 0.397 e. The van der Waals surface area contributed by atoms with E-state index >= 15 is 0 Å². The molecule has 1 aromatic rings. The third kappa shape index (κ3) is 2.63. The van der Waals surface area contributed by atoms with Gasteiger partial charge in [-0.2, -0.15) is 0 Å². The summed E-state index contributed by atoms with van der Waals surface area (Å²) in [6.07, 6.45) is 1.90. The molecule has 0 saturated heterocycles. The SMILES string of the molecule is COCCCc1cccc(N)c1N. The lowest BCUT2D eigenvalue weighted by molar-refractivity contribution is 0.195. The maximum atomic E-state index is 5.80. The molecule has 0 aromatic heterocycles. The highest BCUT2D eigenvalue weighted by Crippen LogP contribution is 2.20. The molecule has 0 atom stereocenters. The maximum Gasteiger partial charge on any atom is 0.0580 e. The van der Waals surface area contributed by atoms with Crippen molar-refractivity contribution in [2.45, 2.75) is 12.8 Å². The normalized spacial score (nSPS) is 10.2. The Kier molecular flexibility index (Phi) is 3.58. The van der Waals surface area contributed by atoms with E-state index in [1.54, 1.807) is 7.11 Å². The van der Waals surface area contributed by atoms with Gasteiger partial charge >= 0.3 is 0 Å². The van der Waals surface area contributed by atoms with Crippen molar-refractivity contribution in [1.82, 2.24) is 0 Å². The van der Waals surface area contributed by atoms with Gasteiger partial charge in [0.25, 0.3) is 0 Å². The van der Waals surface area contributed by atoms with E-state index in [0.717, 1.165) is 25.0 Å². The molecule has 0 radical (unpaired) electrons. The Labute approximate surface area is 78.7 Å². The molecule has 4 N–H and O–H groups in total. The number of rotatable bonds is 4. The van der Waals surface area contributed by atoms with E-state index in [1.807, 2.05) is 18.2 Å². The minimum absolute atomic E-state index is 0.662. The lowest BCUT2D eigenvalue weighted by atomic mass is 10.1. The van der Waals surface area contributed by atoms with Crippen LogP contribution >= 0.6 is 0 Å². The molecule has 0 aliphatic rings. The third-order valence-electron chi connectivity index (χ3n) is 2.02. The van der Waals surface area contributed by atoms with Gasteiger partial charge in [-0.3, -0.25) is 0 Å². The van der Waals surface area contributed by atoms with Gasteiger partial charge in [0, 0.05) is 13.7 Å². The Morgan fingerprint density at radius 1 is 1.31 bits per heavy atom. The Balaban J connectivity index is 2.61. The Hall–Kier alpha value is -1.22. The highest BCUT2D eigenvalue weighted by Gasteiger charge is 2.00. The number of hydrogen-bond acceptors (Lipinski definition) is 3. The average Bonchev–Trinajstić information content (AvgIpc) is 2.13. The summed E-state index contributed by atoms with van der Waals surface area (Å²) in [5.41, 5.74) is 13.9. The number of nitrogens with two attached hydrogens (primary N) is 2.